The van der Waals surface area contributed by atoms with Crippen molar-refractivity contribution in [2.24, 2.45) is 5.73 Å². The van der Waals surface area contributed by atoms with Gasteiger partial charge < -0.3 is 11.1 Å². The summed E-state index contributed by atoms with van der Waals surface area (Å²) in [4.78, 5) is 10.9. The molecule has 3 N–H and O–H groups in total. The van der Waals surface area contributed by atoms with Crippen molar-refractivity contribution in [1.29, 1.82) is 0 Å². The molecule has 2 rings (SSSR count). The molecule has 0 aliphatic rings. The zero-order chi connectivity index (χ0) is 10.8. The van der Waals surface area contributed by atoms with E-state index in [1.54, 1.807) is 18.3 Å². The molecular weight excluding hydrogens is 208 g/mol. The van der Waals surface area contributed by atoms with Gasteiger partial charge in [-0.05, 0) is 24.4 Å². The van der Waals surface area contributed by atoms with Gasteiger partial charge in [-0.15, -0.1) is 11.3 Å². The van der Waals surface area contributed by atoms with Gasteiger partial charge in [0, 0.05) is 4.70 Å². The lowest BCUT2D eigenvalue weighted by Crippen LogP contribution is -2.32. The van der Waals surface area contributed by atoms with Gasteiger partial charge in [0.2, 0.25) is 5.91 Å². The Labute approximate surface area is 91.9 Å². The third-order valence-electron chi connectivity index (χ3n) is 2.21. The van der Waals surface area contributed by atoms with Crippen LogP contribution in [0.25, 0.3) is 10.1 Å². The van der Waals surface area contributed by atoms with E-state index in [0.29, 0.717) is 0 Å². The zero-order valence-corrected chi connectivity index (χ0v) is 9.17. The quantitative estimate of drug-likeness (QED) is 0.833. The summed E-state index contributed by atoms with van der Waals surface area (Å²) in [5.41, 5.74) is 5.18. The van der Waals surface area contributed by atoms with E-state index >= 15 is 0 Å². The molecule has 78 valence electrons. The third kappa shape index (κ3) is 2.10. The van der Waals surface area contributed by atoms with Crippen LogP contribution in [-0.4, -0.2) is 11.9 Å². The fourth-order valence-corrected chi connectivity index (χ4v) is 2.39. The molecule has 2 aromatic rings. The fourth-order valence-electron chi connectivity index (χ4n) is 1.34. The van der Waals surface area contributed by atoms with Crippen molar-refractivity contribution in [3.63, 3.8) is 0 Å². The Hall–Kier alpha value is -1.55. The van der Waals surface area contributed by atoms with Crippen molar-refractivity contribution in [2.75, 3.05) is 5.32 Å². The molecule has 0 saturated carbocycles. The molecule has 1 unspecified atom stereocenters. The molecule has 0 radical (unpaired) electrons. The van der Waals surface area contributed by atoms with Crippen LogP contribution in [0.1, 0.15) is 6.92 Å². The number of hydrogen-bond donors (Lipinski definition) is 2. The van der Waals surface area contributed by atoms with Gasteiger partial charge in [-0.2, -0.15) is 0 Å². The number of hydrogen-bond acceptors (Lipinski definition) is 3. The standard InChI is InChI=1S/C11H12N2OS/c1-7(11(12)14)13-10-6-8-4-2-3-5-9(8)15-10/h2-7,13H,1H3,(H2,12,14). The summed E-state index contributed by atoms with van der Waals surface area (Å²) in [5.74, 6) is -0.340. The summed E-state index contributed by atoms with van der Waals surface area (Å²) in [6, 6.07) is 9.79. The number of amides is 1. The second-order valence-corrected chi connectivity index (χ2v) is 4.50. The molecule has 15 heavy (non-hydrogen) atoms. The van der Waals surface area contributed by atoms with Crippen LogP contribution in [0.5, 0.6) is 0 Å². The predicted molar refractivity (Wildman–Crippen MR) is 64.1 cm³/mol. The number of carbonyl (C=O) groups is 1. The van der Waals surface area contributed by atoms with Crippen molar-refractivity contribution < 1.29 is 4.79 Å². The number of nitrogens with two attached hydrogens (primary N) is 1. The van der Waals surface area contributed by atoms with Crippen molar-refractivity contribution in [3.05, 3.63) is 30.3 Å². The minimum Gasteiger partial charge on any atom is -0.368 e. The molecular formula is C11H12N2OS. The Morgan fingerprint density at radius 1 is 1.47 bits per heavy atom. The number of thiophene rings is 1. The normalized spacial score (nSPS) is 12.6. The van der Waals surface area contributed by atoms with E-state index in [4.69, 9.17) is 5.73 Å². The van der Waals surface area contributed by atoms with Crippen LogP contribution >= 0.6 is 11.3 Å². The van der Waals surface area contributed by atoms with Crippen LogP contribution in [-0.2, 0) is 4.79 Å². The predicted octanol–water partition coefficient (Wildman–Crippen LogP) is 2.19. The van der Waals surface area contributed by atoms with Gasteiger partial charge in [-0.3, -0.25) is 4.79 Å². The molecule has 1 amide bonds. The first kappa shape index (κ1) is 9.98. The molecule has 3 nitrogen and oxygen atoms in total. The number of carbonyl (C=O) groups excluding carboxylic acids is 1. The van der Waals surface area contributed by atoms with Gasteiger partial charge in [-0.1, -0.05) is 18.2 Å². The summed E-state index contributed by atoms with van der Waals surface area (Å²) in [6.07, 6.45) is 0. The molecule has 0 spiro atoms. The minimum absolute atomic E-state index is 0.335. The largest absolute Gasteiger partial charge is 0.368 e. The van der Waals surface area contributed by atoms with E-state index < -0.39 is 0 Å². The van der Waals surface area contributed by atoms with Crippen molar-refractivity contribution in [3.8, 4) is 0 Å². The van der Waals surface area contributed by atoms with Crippen LogP contribution < -0.4 is 11.1 Å². The van der Waals surface area contributed by atoms with Gasteiger partial charge in [-0.25, -0.2) is 0 Å². The molecule has 0 aliphatic heterocycles. The maximum atomic E-state index is 10.9. The van der Waals surface area contributed by atoms with Gasteiger partial charge in [0.05, 0.1) is 5.00 Å². The van der Waals surface area contributed by atoms with E-state index in [2.05, 4.69) is 11.4 Å². The molecule has 0 bridgehead atoms. The number of primary amides is 1. The molecule has 1 heterocycles. The zero-order valence-electron chi connectivity index (χ0n) is 8.36. The lowest BCUT2D eigenvalue weighted by molar-refractivity contribution is -0.118. The van der Waals surface area contributed by atoms with E-state index in [1.165, 1.54) is 10.1 Å². The fraction of sp³-hybridized carbons (Fsp3) is 0.182. The summed E-state index contributed by atoms with van der Waals surface area (Å²) < 4.78 is 1.21. The monoisotopic (exact) mass is 220 g/mol. The van der Waals surface area contributed by atoms with Crippen LogP contribution in [0, 0.1) is 0 Å². The maximum absolute atomic E-state index is 10.9. The number of nitrogens with one attached hydrogen (secondary N) is 1. The molecule has 1 aromatic carbocycles. The average molecular weight is 220 g/mol. The maximum Gasteiger partial charge on any atom is 0.239 e. The molecule has 0 saturated heterocycles. The van der Waals surface area contributed by atoms with Crippen LogP contribution in [0.2, 0.25) is 0 Å². The van der Waals surface area contributed by atoms with Crippen molar-refractivity contribution in [1.82, 2.24) is 0 Å². The molecule has 0 aliphatic carbocycles. The molecule has 1 atom stereocenters. The Kier molecular flexibility index (Phi) is 2.60. The highest BCUT2D eigenvalue weighted by molar-refractivity contribution is 7.22. The van der Waals surface area contributed by atoms with Crippen LogP contribution in [0.3, 0.4) is 0 Å². The lowest BCUT2D eigenvalue weighted by atomic mass is 10.2. The number of benzene rings is 1. The summed E-state index contributed by atoms with van der Waals surface area (Å²) in [6.45, 7) is 1.76. The Morgan fingerprint density at radius 2 is 2.20 bits per heavy atom. The van der Waals surface area contributed by atoms with Crippen molar-refractivity contribution in [2.45, 2.75) is 13.0 Å². The van der Waals surface area contributed by atoms with E-state index in [0.717, 1.165) is 5.00 Å². The Morgan fingerprint density at radius 3 is 2.87 bits per heavy atom. The second kappa shape index (κ2) is 3.90. The lowest BCUT2D eigenvalue weighted by Gasteiger charge is -2.08. The Balaban J connectivity index is 2.26. The Bertz CT molecular complexity index is 459. The van der Waals surface area contributed by atoms with Gasteiger partial charge in [0.1, 0.15) is 6.04 Å². The smallest absolute Gasteiger partial charge is 0.239 e. The first-order chi connectivity index (χ1) is 7.16. The number of rotatable bonds is 3. The highest BCUT2D eigenvalue weighted by atomic mass is 32.1. The summed E-state index contributed by atoms with van der Waals surface area (Å²) >= 11 is 1.62. The third-order valence-corrected chi connectivity index (χ3v) is 3.26. The highest BCUT2D eigenvalue weighted by Crippen LogP contribution is 2.29. The topological polar surface area (TPSA) is 55.1 Å². The van der Waals surface area contributed by atoms with Crippen LogP contribution in [0.4, 0.5) is 5.00 Å². The summed E-state index contributed by atoms with van der Waals surface area (Å²) in [7, 11) is 0. The number of fused-ring (bicyclic) bond motifs is 1. The van der Waals surface area contributed by atoms with Gasteiger partial charge in [0.15, 0.2) is 0 Å². The second-order valence-electron chi connectivity index (χ2n) is 3.42. The first-order valence-corrected chi connectivity index (χ1v) is 5.53. The van der Waals surface area contributed by atoms with E-state index in [-0.39, 0.29) is 11.9 Å². The van der Waals surface area contributed by atoms with E-state index in [1.807, 2.05) is 24.3 Å². The SMILES string of the molecule is CC(Nc1cc2ccccc2s1)C(N)=O. The minimum atomic E-state index is -0.340. The molecule has 4 heteroatoms. The highest BCUT2D eigenvalue weighted by Gasteiger charge is 2.09. The van der Waals surface area contributed by atoms with Gasteiger partial charge >= 0.3 is 0 Å². The van der Waals surface area contributed by atoms with Crippen molar-refractivity contribution >= 4 is 32.3 Å². The van der Waals surface area contributed by atoms with Gasteiger partial charge in [0.25, 0.3) is 0 Å². The van der Waals surface area contributed by atoms with Crippen LogP contribution in [0.15, 0.2) is 30.3 Å². The van der Waals surface area contributed by atoms with E-state index in [9.17, 15) is 4.79 Å². The first-order valence-electron chi connectivity index (χ1n) is 4.71. The molecule has 0 fully saturated rings. The average Bonchev–Trinajstić information content (AvgIpc) is 2.59. The summed E-state index contributed by atoms with van der Waals surface area (Å²) in [5, 5.41) is 5.23. The number of anilines is 1. The molecule has 1 aromatic heterocycles.